The van der Waals surface area contributed by atoms with Crippen molar-refractivity contribution in [1.82, 2.24) is 29.2 Å². The van der Waals surface area contributed by atoms with E-state index in [4.69, 9.17) is 23.8 Å². The van der Waals surface area contributed by atoms with Crippen LogP contribution in [0.3, 0.4) is 0 Å². The first kappa shape index (κ1) is 51.0. The highest BCUT2D eigenvalue weighted by atomic mass is 19.1. The van der Waals surface area contributed by atoms with Crippen molar-refractivity contribution in [1.29, 1.82) is 0 Å². The van der Waals surface area contributed by atoms with Gasteiger partial charge >= 0.3 is 0 Å². The Hall–Kier alpha value is -8.66. The number of carbonyl (C=O) groups is 4. The van der Waals surface area contributed by atoms with Crippen molar-refractivity contribution >= 4 is 111 Å². The maximum Gasteiger partial charge on any atom is 0.286 e. The number of halogens is 4. The lowest BCUT2D eigenvalue weighted by molar-refractivity contribution is -0.0901. The van der Waals surface area contributed by atoms with Crippen LogP contribution in [0.1, 0.15) is 59.5 Å². The molecule has 6 aliphatic rings. The molecule has 4 fully saturated rings. The van der Waals surface area contributed by atoms with E-state index >= 15 is 0 Å². The van der Waals surface area contributed by atoms with E-state index in [9.17, 15) is 62.4 Å². The van der Waals surface area contributed by atoms with E-state index in [-0.39, 0.29) is 79.6 Å². The van der Waals surface area contributed by atoms with Crippen molar-refractivity contribution in [2.45, 2.75) is 67.7 Å². The molecule has 11 aromatic rings. The molecule has 10 atom stereocenters. The third-order valence-corrected chi connectivity index (χ3v) is 17.2. The predicted molar refractivity (Wildman–Crippen MR) is 288 cm³/mol. The molecule has 20 nitrogen and oxygen atoms in total. The zero-order valence-corrected chi connectivity index (χ0v) is 43.1. The molecule has 84 heavy (non-hydrogen) atoms. The number of hydrogen-bond donors (Lipinski definition) is 7. The van der Waals surface area contributed by atoms with Crippen molar-refractivity contribution in [2.24, 2.45) is 0 Å². The summed E-state index contributed by atoms with van der Waals surface area (Å²) in [5.41, 5.74) is 3.52. The number of amides is 4. The minimum absolute atomic E-state index is 0.000442. The molecule has 0 saturated carbocycles. The van der Waals surface area contributed by atoms with Gasteiger partial charge in [0.05, 0.1) is 75.2 Å². The maximum atomic E-state index is 14.9. The van der Waals surface area contributed by atoms with E-state index in [1.807, 2.05) is 30.3 Å². The molecule has 7 aromatic carbocycles. The van der Waals surface area contributed by atoms with E-state index in [0.717, 1.165) is 5.56 Å². The van der Waals surface area contributed by atoms with Gasteiger partial charge in [-0.25, -0.2) is 17.6 Å². The number of aliphatic hydroxyl groups excluding tert-OH is 4. The quantitative estimate of drug-likeness (QED) is 0.0493. The SMILES string of the molecule is O=C1c2c(c3c4cc(F)ccc4n(C4O[C@H]5[C@H](OC[C@H]5O)[C@H]4O)c3c3[nH]c4ccc(F)cc4c23)C(=O)N1O.O=C1c2c(c3c4cc(F)ccc4n([C@@H]4O[C@H]5[C@H](OC[C@H]5O)[C@H]4O)c3c3[nH]c4ccc(F)cc4c23)C(=O)N1OCCc1ccccc1. The van der Waals surface area contributed by atoms with E-state index < -0.39 is 108 Å². The molecule has 0 aliphatic carbocycles. The van der Waals surface area contributed by atoms with Crippen LogP contribution >= 0.6 is 0 Å². The number of hydrogen-bond acceptors (Lipinski definition) is 14. The van der Waals surface area contributed by atoms with E-state index in [2.05, 4.69) is 9.97 Å². The fourth-order valence-electron chi connectivity index (χ4n) is 13.7. The third-order valence-electron chi connectivity index (χ3n) is 17.2. The number of ether oxygens (including phenoxy) is 4. The smallest absolute Gasteiger partial charge is 0.286 e. The van der Waals surface area contributed by atoms with Gasteiger partial charge in [0.25, 0.3) is 23.6 Å². The Bertz CT molecular complexity index is 4770. The summed E-state index contributed by atoms with van der Waals surface area (Å²) < 4.78 is 85.3. The molecule has 0 bridgehead atoms. The Labute approximate surface area is 466 Å². The van der Waals surface area contributed by atoms with Crippen LogP contribution in [0.15, 0.2) is 103 Å². The fraction of sp³-hybridized carbons (Fsp3) is 0.233. The summed E-state index contributed by atoms with van der Waals surface area (Å²) in [4.78, 5) is 67.0. The van der Waals surface area contributed by atoms with Gasteiger partial charge in [-0.15, -0.1) is 10.1 Å². The van der Waals surface area contributed by atoms with Gasteiger partial charge in [0.1, 0.15) is 72.1 Å². The summed E-state index contributed by atoms with van der Waals surface area (Å²) in [6.07, 6.45) is -9.60. The number of carbonyl (C=O) groups excluding carboxylic acids is 4. The summed E-state index contributed by atoms with van der Waals surface area (Å²) >= 11 is 0. The summed E-state index contributed by atoms with van der Waals surface area (Å²) in [6.45, 7) is 0.0131. The molecule has 7 N–H and O–H groups in total. The molecular weight excluding hydrogens is 1100 g/mol. The molecule has 10 heterocycles. The average molecular weight is 1150 g/mol. The molecular formula is C60H42F4N6O14. The van der Waals surface area contributed by atoms with Crippen LogP contribution in [0, 0.1) is 23.3 Å². The highest BCUT2D eigenvalue weighted by Gasteiger charge is 2.55. The zero-order chi connectivity index (χ0) is 57.6. The largest absolute Gasteiger partial charge is 0.388 e. The van der Waals surface area contributed by atoms with E-state index in [0.29, 0.717) is 66.3 Å². The van der Waals surface area contributed by atoms with Crippen LogP contribution < -0.4 is 0 Å². The third kappa shape index (κ3) is 6.93. The molecule has 0 radical (unpaired) electrons. The molecule has 1 unspecified atom stereocenters. The number of nitrogens with one attached hydrogen (secondary N) is 2. The van der Waals surface area contributed by atoms with Crippen molar-refractivity contribution in [2.75, 3.05) is 19.8 Å². The molecule has 4 amide bonds. The van der Waals surface area contributed by atoms with Gasteiger partial charge in [0.15, 0.2) is 12.5 Å². The first-order chi connectivity index (χ1) is 40.6. The number of nitrogens with zero attached hydrogens (tertiary/aromatic N) is 4. The number of rotatable bonds is 6. The fourth-order valence-corrected chi connectivity index (χ4v) is 13.7. The number of aliphatic hydroxyl groups is 4. The number of hydroxylamine groups is 4. The molecule has 17 rings (SSSR count). The van der Waals surface area contributed by atoms with Crippen molar-refractivity contribution in [3.05, 3.63) is 154 Å². The van der Waals surface area contributed by atoms with Gasteiger partial charge < -0.3 is 58.5 Å². The van der Waals surface area contributed by atoms with Gasteiger partial charge in [-0.05, 0) is 84.8 Å². The van der Waals surface area contributed by atoms with Gasteiger partial charge in [-0.3, -0.25) is 29.2 Å². The van der Waals surface area contributed by atoms with E-state index in [1.54, 1.807) is 9.13 Å². The van der Waals surface area contributed by atoms with Crippen LogP contribution in [0.25, 0.3) is 87.2 Å². The summed E-state index contributed by atoms with van der Waals surface area (Å²) in [7, 11) is 0. The minimum atomic E-state index is -1.25. The van der Waals surface area contributed by atoms with Crippen molar-refractivity contribution < 1.29 is 86.2 Å². The predicted octanol–water partition coefficient (Wildman–Crippen LogP) is 7.21. The average Bonchev–Trinajstić information content (AvgIpc) is 1.56. The Morgan fingerprint density at radius 2 is 0.929 bits per heavy atom. The van der Waals surface area contributed by atoms with Crippen LogP contribution in [0.5, 0.6) is 0 Å². The summed E-state index contributed by atoms with van der Waals surface area (Å²) in [5.74, 6) is -5.84. The summed E-state index contributed by atoms with van der Waals surface area (Å²) in [6, 6.07) is 25.3. The summed E-state index contributed by atoms with van der Waals surface area (Å²) in [5, 5.41) is 56.5. The van der Waals surface area contributed by atoms with Gasteiger partial charge in [0.2, 0.25) is 0 Å². The molecule has 424 valence electrons. The highest BCUT2D eigenvalue weighted by molar-refractivity contribution is 6.40. The van der Waals surface area contributed by atoms with Gasteiger partial charge in [-0.1, -0.05) is 30.3 Å². The van der Waals surface area contributed by atoms with Crippen LogP contribution in [0.2, 0.25) is 0 Å². The second-order valence-corrected chi connectivity index (χ2v) is 21.7. The lowest BCUT2D eigenvalue weighted by Crippen LogP contribution is -2.31. The number of fused-ring (bicyclic) bond motifs is 22. The minimum Gasteiger partial charge on any atom is -0.388 e. The zero-order valence-electron chi connectivity index (χ0n) is 43.1. The number of benzene rings is 7. The Kier molecular flexibility index (Phi) is 11.0. The first-order valence-corrected chi connectivity index (χ1v) is 26.8. The molecule has 24 heteroatoms. The second kappa shape index (κ2) is 18.2. The number of H-pyrrole nitrogens is 2. The maximum absolute atomic E-state index is 14.9. The Morgan fingerprint density at radius 3 is 1.39 bits per heavy atom. The topological polar surface area (TPSA) is 263 Å². The van der Waals surface area contributed by atoms with Gasteiger partial charge in [-0.2, -0.15) is 0 Å². The van der Waals surface area contributed by atoms with Crippen LogP contribution in [-0.2, 0) is 30.2 Å². The van der Waals surface area contributed by atoms with Crippen LogP contribution in [-0.4, -0.2) is 147 Å². The lowest BCUT2D eigenvalue weighted by Gasteiger charge is -2.22. The number of imide groups is 2. The number of aromatic nitrogens is 4. The highest BCUT2D eigenvalue weighted by Crippen LogP contribution is 2.51. The molecule has 4 saturated heterocycles. The first-order valence-electron chi connectivity index (χ1n) is 26.8. The lowest BCUT2D eigenvalue weighted by atomic mass is 9.96. The molecule has 6 aliphatic heterocycles. The monoisotopic (exact) mass is 1150 g/mol. The number of aromatic amines is 2. The van der Waals surface area contributed by atoms with Crippen molar-refractivity contribution in [3.8, 4) is 0 Å². The molecule has 4 aromatic heterocycles. The Morgan fingerprint density at radius 1 is 0.512 bits per heavy atom. The Balaban J connectivity index is 0.000000140. The van der Waals surface area contributed by atoms with Crippen LogP contribution in [0.4, 0.5) is 17.6 Å². The van der Waals surface area contributed by atoms with Gasteiger partial charge in [0, 0.05) is 54.1 Å². The normalized spacial score (nSPS) is 25.6. The van der Waals surface area contributed by atoms with E-state index in [1.165, 1.54) is 72.8 Å². The molecule has 0 spiro atoms. The second-order valence-electron chi connectivity index (χ2n) is 21.7. The standard InChI is InChI=1S/C34H25F2N3O7.C26H17F2N3O7/c35-16-6-8-20-18(12-16)23-25-26(33(43)39(32(25)42)45-11-10-15-4-2-1-3-5-15)24-19-13-17(36)7-9-21(19)38(28(24)27(23)37-20)34-29(41)31-30(46-34)22(40)14-44-31;27-8-1-3-12-10(5-8)15-17-18(25(35)31(36)24(17)34)16-11-6-9(28)2-4-13(11)30(20(16)19(15)29-12)26-21(33)23-22(38-26)14(32)7-37-23/h1-9,12-13,22,29-31,34,37,40-41H,10-11,14H2;1-6,14,21-23,26,29,32-33,36H,7H2/t22-,29-,30-,31-,34-;14-,21-,22-,23-,26?/m11/s1. The van der Waals surface area contributed by atoms with Crippen molar-refractivity contribution in [3.63, 3.8) is 0 Å².